The van der Waals surface area contributed by atoms with Gasteiger partial charge in [-0.1, -0.05) is 30.3 Å². The van der Waals surface area contributed by atoms with Crippen molar-refractivity contribution in [1.29, 1.82) is 0 Å². The Morgan fingerprint density at radius 3 is 2.48 bits per heavy atom. The van der Waals surface area contributed by atoms with E-state index in [1.54, 1.807) is 0 Å². The predicted octanol–water partition coefficient (Wildman–Crippen LogP) is -0.816. The van der Waals surface area contributed by atoms with E-state index in [0.29, 0.717) is 0 Å². The summed E-state index contributed by atoms with van der Waals surface area (Å²) in [5, 5.41) is 29.5. The lowest BCUT2D eigenvalue weighted by Crippen LogP contribution is -2.60. The van der Waals surface area contributed by atoms with Crippen LogP contribution < -0.4 is 0 Å². The maximum absolute atomic E-state index is 11.5. The summed E-state index contributed by atoms with van der Waals surface area (Å²) in [6.07, 6.45) is -7.13. The van der Waals surface area contributed by atoms with E-state index in [1.807, 2.05) is 30.3 Å². The first-order chi connectivity index (χ1) is 10.0. The standard InChI is InChI=1S/C14H18O7/c1-19-14(18)12-9(15)11(10(16)13(17)21-12)20-7-8-5-3-2-4-6-8/h2-6,9-13,15-17H,7H2,1H3/t9-,10?,11+,12?,13+/m0/s1. The number of ether oxygens (including phenoxy) is 3. The molecule has 0 radical (unpaired) electrons. The lowest BCUT2D eigenvalue weighted by molar-refractivity contribution is -0.289. The minimum Gasteiger partial charge on any atom is -0.467 e. The zero-order valence-electron chi connectivity index (χ0n) is 11.5. The fourth-order valence-electron chi connectivity index (χ4n) is 2.12. The number of carbonyl (C=O) groups is 1. The van der Waals surface area contributed by atoms with E-state index in [4.69, 9.17) is 9.47 Å². The Kier molecular flexibility index (Phi) is 5.27. The summed E-state index contributed by atoms with van der Waals surface area (Å²) in [5.41, 5.74) is 0.826. The maximum atomic E-state index is 11.5. The van der Waals surface area contributed by atoms with Crippen LogP contribution >= 0.6 is 0 Å². The molecule has 2 unspecified atom stereocenters. The highest BCUT2D eigenvalue weighted by Gasteiger charge is 2.48. The van der Waals surface area contributed by atoms with Crippen molar-refractivity contribution in [3.8, 4) is 0 Å². The van der Waals surface area contributed by atoms with Crippen molar-refractivity contribution in [2.24, 2.45) is 0 Å². The molecule has 7 nitrogen and oxygen atoms in total. The lowest BCUT2D eigenvalue weighted by Gasteiger charge is -2.39. The summed E-state index contributed by atoms with van der Waals surface area (Å²) in [6, 6.07) is 9.11. The van der Waals surface area contributed by atoms with Crippen molar-refractivity contribution in [2.75, 3.05) is 7.11 Å². The minimum absolute atomic E-state index is 0.111. The highest BCUT2D eigenvalue weighted by molar-refractivity contribution is 5.75. The Hall–Kier alpha value is -1.51. The molecule has 0 saturated carbocycles. The van der Waals surface area contributed by atoms with Crippen molar-refractivity contribution in [1.82, 2.24) is 0 Å². The van der Waals surface area contributed by atoms with Gasteiger partial charge in [-0.3, -0.25) is 0 Å². The van der Waals surface area contributed by atoms with Gasteiger partial charge in [-0.2, -0.15) is 0 Å². The van der Waals surface area contributed by atoms with Crippen molar-refractivity contribution in [3.05, 3.63) is 35.9 Å². The first kappa shape index (κ1) is 15.9. The minimum atomic E-state index is -1.64. The number of carbonyl (C=O) groups excluding carboxylic acids is 1. The number of hydrogen-bond donors (Lipinski definition) is 3. The molecule has 0 amide bonds. The lowest BCUT2D eigenvalue weighted by atomic mass is 9.98. The summed E-state index contributed by atoms with van der Waals surface area (Å²) in [7, 11) is 1.13. The number of methoxy groups -OCH3 is 1. The first-order valence-corrected chi connectivity index (χ1v) is 6.47. The van der Waals surface area contributed by atoms with Gasteiger partial charge in [0.15, 0.2) is 12.4 Å². The topological polar surface area (TPSA) is 105 Å². The second-order valence-corrected chi connectivity index (χ2v) is 4.71. The SMILES string of the molecule is COC(=O)C1O[C@@H](O)C(O)[C@H](OCc2ccccc2)[C@@H]1O. The molecular formula is C14H18O7. The summed E-state index contributed by atoms with van der Waals surface area (Å²) >= 11 is 0. The van der Waals surface area contributed by atoms with Crippen molar-refractivity contribution < 1.29 is 34.3 Å². The Balaban J connectivity index is 2.06. The van der Waals surface area contributed by atoms with Crippen LogP contribution in [0, 0.1) is 0 Å². The maximum Gasteiger partial charge on any atom is 0.337 e. The van der Waals surface area contributed by atoms with Crippen LogP contribution in [-0.4, -0.2) is 59.1 Å². The van der Waals surface area contributed by atoms with Crippen molar-refractivity contribution >= 4 is 5.97 Å². The summed E-state index contributed by atoms with van der Waals surface area (Å²) < 4.78 is 14.8. The van der Waals surface area contributed by atoms with Gasteiger partial charge in [0.25, 0.3) is 0 Å². The Bertz CT molecular complexity index is 464. The van der Waals surface area contributed by atoms with E-state index >= 15 is 0 Å². The molecule has 5 atom stereocenters. The molecule has 1 aliphatic rings. The van der Waals surface area contributed by atoms with E-state index < -0.39 is 36.7 Å². The van der Waals surface area contributed by atoms with Crippen LogP contribution in [0.5, 0.6) is 0 Å². The van der Waals surface area contributed by atoms with Gasteiger partial charge in [0.2, 0.25) is 0 Å². The Labute approximate surface area is 121 Å². The zero-order valence-corrected chi connectivity index (χ0v) is 11.5. The number of aliphatic hydroxyl groups excluding tert-OH is 3. The molecule has 1 aromatic rings. The van der Waals surface area contributed by atoms with E-state index in [9.17, 15) is 20.1 Å². The Morgan fingerprint density at radius 2 is 1.86 bits per heavy atom. The molecule has 21 heavy (non-hydrogen) atoms. The van der Waals surface area contributed by atoms with Gasteiger partial charge in [-0.15, -0.1) is 0 Å². The molecule has 1 saturated heterocycles. The van der Waals surface area contributed by atoms with E-state index in [-0.39, 0.29) is 6.61 Å². The summed E-state index contributed by atoms with van der Waals surface area (Å²) in [5.74, 6) is -0.846. The molecule has 0 aliphatic carbocycles. The van der Waals surface area contributed by atoms with Gasteiger partial charge < -0.3 is 29.5 Å². The van der Waals surface area contributed by atoms with E-state index in [0.717, 1.165) is 12.7 Å². The fraction of sp³-hybridized carbons (Fsp3) is 0.500. The van der Waals surface area contributed by atoms with Crippen LogP contribution in [0.25, 0.3) is 0 Å². The molecule has 7 heteroatoms. The van der Waals surface area contributed by atoms with Gasteiger partial charge in [-0.25, -0.2) is 4.79 Å². The molecule has 0 bridgehead atoms. The van der Waals surface area contributed by atoms with Crippen LogP contribution in [0.15, 0.2) is 30.3 Å². The molecule has 2 rings (SSSR count). The highest BCUT2D eigenvalue weighted by atomic mass is 16.7. The smallest absolute Gasteiger partial charge is 0.337 e. The third-order valence-corrected chi connectivity index (χ3v) is 3.28. The monoisotopic (exact) mass is 298 g/mol. The number of hydrogen-bond acceptors (Lipinski definition) is 7. The van der Waals surface area contributed by atoms with Crippen molar-refractivity contribution in [3.63, 3.8) is 0 Å². The molecule has 116 valence electrons. The van der Waals surface area contributed by atoms with Crippen LogP contribution in [0.2, 0.25) is 0 Å². The number of rotatable bonds is 4. The molecule has 1 aromatic carbocycles. The van der Waals surface area contributed by atoms with Crippen LogP contribution in [0.4, 0.5) is 0 Å². The fourth-order valence-corrected chi connectivity index (χ4v) is 2.12. The number of aliphatic hydroxyl groups is 3. The Morgan fingerprint density at radius 1 is 1.19 bits per heavy atom. The third kappa shape index (κ3) is 3.58. The van der Waals surface area contributed by atoms with Gasteiger partial charge in [0, 0.05) is 0 Å². The van der Waals surface area contributed by atoms with Crippen LogP contribution in [-0.2, 0) is 25.6 Å². The highest BCUT2D eigenvalue weighted by Crippen LogP contribution is 2.24. The van der Waals surface area contributed by atoms with Crippen LogP contribution in [0.1, 0.15) is 5.56 Å². The molecule has 1 aliphatic heterocycles. The molecule has 0 aromatic heterocycles. The van der Waals surface area contributed by atoms with Gasteiger partial charge in [0.05, 0.1) is 13.7 Å². The second kappa shape index (κ2) is 6.97. The third-order valence-electron chi connectivity index (χ3n) is 3.28. The average Bonchev–Trinajstić information content (AvgIpc) is 2.51. The molecule has 0 spiro atoms. The summed E-state index contributed by atoms with van der Waals surface area (Å²) in [4.78, 5) is 11.5. The largest absolute Gasteiger partial charge is 0.467 e. The second-order valence-electron chi connectivity index (χ2n) is 4.71. The molecule has 3 N–H and O–H groups in total. The molecule has 1 heterocycles. The predicted molar refractivity (Wildman–Crippen MR) is 69.9 cm³/mol. The summed E-state index contributed by atoms with van der Waals surface area (Å²) in [6.45, 7) is 0.111. The van der Waals surface area contributed by atoms with Gasteiger partial charge in [0.1, 0.15) is 18.3 Å². The average molecular weight is 298 g/mol. The van der Waals surface area contributed by atoms with Crippen molar-refractivity contribution in [2.45, 2.75) is 37.3 Å². The van der Waals surface area contributed by atoms with Gasteiger partial charge in [-0.05, 0) is 5.56 Å². The van der Waals surface area contributed by atoms with E-state index in [1.165, 1.54) is 0 Å². The van der Waals surface area contributed by atoms with Crippen LogP contribution in [0.3, 0.4) is 0 Å². The molecule has 1 fully saturated rings. The van der Waals surface area contributed by atoms with E-state index in [2.05, 4.69) is 4.74 Å². The number of esters is 1. The zero-order chi connectivity index (χ0) is 15.4. The molecular weight excluding hydrogens is 280 g/mol. The first-order valence-electron chi connectivity index (χ1n) is 6.47. The number of benzene rings is 1. The normalized spacial score (nSPS) is 32.7. The van der Waals surface area contributed by atoms with Gasteiger partial charge >= 0.3 is 5.97 Å². The quantitative estimate of drug-likeness (QED) is 0.624.